The van der Waals surface area contributed by atoms with Crippen LogP contribution >= 0.6 is 0 Å². The summed E-state index contributed by atoms with van der Waals surface area (Å²) in [7, 11) is 0. The van der Waals surface area contributed by atoms with Crippen molar-refractivity contribution in [1.82, 2.24) is 0 Å². The molecule has 3 nitrogen and oxygen atoms in total. The Kier molecular flexibility index (Phi) is 4.86. The number of hydrogen-bond donors (Lipinski definition) is 2. The van der Waals surface area contributed by atoms with Gasteiger partial charge in [0.15, 0.2) is 0 Å². The fourth-order valence-electron chi connectivity index (χ4n) is 2.30. The van der Waals surface area contributed by atoms with E-state index in [1.54, 1.807) is 0 Å². The number of nitrogens with one attached hydrogen (secondary N) is 2. The van der Waals surface area contributed by atoms with E-state index in [0.717, 1.165) is 23.4 Å². The Bertz CT molecular complexity index is 662. The first-order valence-corrected chi connectivity index (χ1v) is 7.66. The van der Waals surface area contributed by atoms with E-state index in [1.807, 2.05) is 63.2 Å². The van der Waals surface area contributed by atoms with Crippen molar-refractivity contribution in [2.24, 2.45) is 0 Å². The topological polar surface area (TPSA) is 41.1 Å². The molecule has 0 saturated heterocycles. The molecule has 0 aliphatic heterocycles. The van der Waals surface area contributed by atoms with Crippen molar-refractivity contribution in [2.75, 3.05) is 10.6 Å². The molecule has 0 unspecified atom stereocenters. The molecule has 2 aromatic rings. The monoisotopic (exact) mass is 296 g/mol. The minimum Gasteiger partial charge on any atom is -0.372 e. The fourth-order valence-corrected chi connectivity index (χ4v) is 2.30. The molecular formula is C19H24N2O. The second kappa shape index (κ2) is 6.65. The van der Waals surface area contributed by atoms with Crippen LogP contribution in [0.4, 0.5) is 11.4 Å². The van der Waals surface area contributed by atoms with E-state index in [9.17, 15) is 4.79 Å². The third-order valence-corrected chi connectivity index (χ3v) is 3.64. The normalized spacial score (nSPS) is 11.1. The predicted octanol–water partition coefficient (Wildman–Crippen LogP) is 4.39. The number of carbonyl (C=O) groups is 1. The molecule has 0 radical (unpaired) electrons. The van der Waals surface area contributed by atoms with Gasteiger partial charge in [-0.25, -0.2) is 0 Å². The summed E-state index contributed by atoms with van der Waals surface area (Å²) in [5.41, 5.74) is 3.46. The molecule has 0 fully saturated rings. The molecule has 22 heavy (non-hydrogen) atoms. The van der Waals surface area contributed by atoms with E-state index in [-0.39, 0.29) is 5.91 Å². The van der Waals surface area contributed by atoms with Crippen LogP contribution in [0.1, 0.15) is 31.9 Å². The Morgan fingerprint density at radius 1 is 1.05 bits per heavy atom. The zero-order valence-electron chi connectivity index (χ0n) is 13.7. The van der Waals surface area contributed by atoms with Gasteiger partial charge in [0.2, 0.25) is 5.91 Å². The van der Waals surface area contributed by atoms with Gasteiger partial charge in [-0.3, -0.25) is 4.79 Å². The molecule has 0 bridgehead atoms. The number of anilines is 2. The van der Waals surface area contributed by atoms with Gasteiger partial charge in [0.05, 0.1) is 0 Å². The van der Waals surface area contributed by atoms with Gasteiger partial charge in [-0.15, -0.1) is 0 Å². The summed E-state index contributed by atoms with van der Waals surface area (Å²) < 4.78 is 0. The van der Waals surface area contributed by atoms with Crippen LogP contribution in [0.3, 0.4) is 0 Å². The highest BCUT2D eigenvalue weighted by Gasteiger charge is 2.27. The second-order valence-electron chi connectivity index (χ2n) is 6.13. The summed E-state index contributed by atoms with van der Waals surface area (Å²) in [6.45, 7) is 7.90. The highest BCUT2D eigenvalue weighted by atomic mass is 16.2. The smallest absolute Gasteiger partial charge is 0.249 e. The zero-order chi connectivity index (χ0) is 16.2. The van der Waals surface area contributed by atoms with Crippen molar-refractivity contribution in [3.63, 3.8) is 0 Å². The van der Waals surface area contributed by atoms with Crippen LogP contribution in [0, 0.1) is 6.92 Å². The van der Waals surface area contributed by atoms with Crippen LogP contribution in [0.2, 0.25) is 0 Å². The molecule has 0 spiro atoms. The van der Waals surface area contributed by atoms with Crippen LogP contribution in [0.5, 0.6) is 0 Å². The second-order valence-corrected chi connectivity index (χ2v) is 6.13. The fraction of sp³-hybridized carbons (Fsp3) is 0.316. The van der Waals surface area contributed by atoms with Crippen molar-refractivity contribution >= 4 is 17.3 Å². The summed E-state index contributed by atoms with van der Waals surface area (Å²) in [6, 6.07) is 16.0. The number of carbonyl (C=O) groups excluding carboxylic acids is 1. The predicted molar refractivity (Wildman–Crippen MR) is 93.3 cm³/mol. The van der Waals surface area contributed by atoms with Gasteiger partial charge in [0.1, 0.15) is 5.54 Å². The van der Waals surface area contributed by atoms with E-state index in [2.05, 4.69) is 23.6 Å². The van der Waals surface area contributed by atoms with Gasteiger partial charge in [0, 0.05) is 11.4 Å². The number of amides is 1. The first-order chi connectivity index (χ1) is 10.4. The minimum atomic E-state index is -0.698. The maximum absolute atomic E-state index is 12.5. The van der Waals surface area contributed by atoms with E-state index >= 15 is 0 Å². The molecule has 0 aliphatic rings. The lowest BCUT2D eigenvalue weighted by molar-refractivity contribution is -0.119. The SMILES string of the molecule is CCc1cccc(NC(=O)C(C)(C)Nc2cccc(C)c2)c1. The first-order valence-electron chi connectivity index (χ1n) is 7.66. The van der Waals surface area contributed by atoms with Crippen LogP contribution in [0.15, 0.2) is 48.5 Å². The third-order valence-electron chi connectivity index (χ3n) is 3.64. The summed E-state index contributed by atoms with van der Waals surface area (Å²) in [5.74, 6) is -0.0535. The first kappa shape index (κ1) is 16.1. The lowest BCUT2D eigenvalue weighted by atomic mass is 10.0. The van der Waals surface area contributed by atoms with Crippen LogP contribution in [0.25, 0.3) is 0 Å². The molecule has 0 heterocycles. The molecule has 2 aromatic carbocycles. The standard InChI is InChI=1S/C19H24N2O/c1-5-15-9-7-10-16(13-15)20-18(22)19(3,4)21-17-11-6-8-14(2)12-17/h6-13,21H,5H2,1-4H3,(H,20,22). The Morgan fingerprint density at radius 2 is 1.73 bits per heavy atom. The van der Waals surface area contributed by atoms with Crippen molar-refractivity contribution in [3.05, 3.63) is 59.7 Å². The van der Waals surface area contributed by atoms with Gasteiger partial charge < -0.3 is 10.6 Å². The Balaban J connectivity index is 2.09. The largest absolute Gasteiger partial charge is 0.372 e. The quantitative estimate of drug-likeness (QED) is 0.859. The van der Waals surface area contributed by atoms with Crippen LogP contribution < -0.4 is 10.6 Å². The van der Waals surface area contributed by atoms with E-state index < -0.39 is 5.54 Å². The number of benzene rings is 2. The van der Waals surface area contributed by atoms with Crippen molar-refractivity contribution in [1.29, 1.82) is 0 Å². The molecule has 0 atom stereocenters. The summed E-state index contributed by atoms with van der Waals surface area (Å²) in [6.07, 6.45) is 0.953. The molecular weight excluding hydrogens is 272 g/mol. The van der Waals surface area contributed by atoms with Gasteiger partial charge in [-0.2, -0.15) is 0 Å². The highest BCUT2D eigenvalue weighted by molar-refractivity contribution is 5.99. The summed E-state index contributed by atoms with van der Waals surface area (Å²) >= 11 is 0. The number of aryl methyl sites for hydroxylation is 2. The van der Waals surface area contributed by atoms with Gasteiger partial charge in [-0.1, -0.05) is 31.2 Å². The zero-order valence-corrected chi connectivity index (χ0v) is 13.7. The third kappa shape index (κ3) is 4.10. The highest BCUT2D eigenvalue weighted by Crippen LogP contribution is 2.19. The molecule has 2 rings (SSSR count). The molecule has 0 saturated carbocycles. The van der Waals surface area contributed by atoms with Crippen LogP contribution in [-0.2, 0) is 11.2 Å². The van der Waals surface area contributed by atoms with E-state index in [0.29, 0.717) is 0 Å². The maximum Gasteiger partial charge on any atom is 0.249 e. The Morgan fingerprint density at radius 3 is 2.41 bits per heavy atom. The molecule has 2 N–H and O–H groups in total. The number of rotatable bonds is 5. The molecule has 3 heteroatoms. The molecule has 0 aromatic heterocycles. The summed E-state index contributed by atoms with van der Waals surface area (Å²) in [4.78, 5) is 12.5. The van der Waals surface area contributed by atoms with Gasteiger partial charge in [-0.05, 0) is 62.6 Å². The minimum absolute atomic E-state index is 0.0535. The van der Waals surface area contributed by atoms with Crippen molar-refractivity contribution < 1.29 is 4.79 Å². The average Bonchev–Trinajstić information content (AvgIpc) is 2.47. The molecule has 116 valence electrons. The van der Waals surface area contributed by atoms with Crippen molar-refractivity contribution in [3.8, 4) is 0 Å². The molecule has 0 aliphatic carbocycles. The lowest BCUT2D eigenvalue weighted by Gasteiger charge is -2.26. The van der Waals surface area contributed by atoms with Crippen LogP contribution in [-0.4, -0.2) is 11.4 Å². The Hall–Kier alpha value is -2.29. The Labute approximate surface area is 132 Å². The average molecular weight is 296 g/mol. The molecule has 1 amide bonds. The summed E-state index contributed by atoms with van der Waals surface area (Å²) in [5, 5.41) is 6.29. The van der Waals surface area contributed by atoms with E-state index in [4.69, 9.17) is 0 Å². The lowest BCUT2D eigenvalue weighted by Crippen LogP contribution is -2.44. The van der Waals surface area contributed by atoms with Crippen molar-refractivity contribution in [2.45, 2.75) is 39.7 Å². The van der Waals surface area contributed by atoms with Gasteiger partial charge >= 0.3 is 0 Å². The van der Waals surface area contributed by atoms with Gasteiger partial charge in [0.25, 0.3) is 0 Å². The van der Waals surface area contributed by atoms with E-state index in [1.165, 1.54) is 5.56 Å². The maximum atomic E-state index is 12.5. The number of hydrogen-bond acceptors (Lipinski definition) is 2.